The largest absolute Gasteiger partial charge is 0.417 e. The molecular formula is C34H22N2+2. The second-order valence-corrected chi connectivity index (χ2v) is 10.9. The summed E-state index contributed by atoms with van der Waals surface area (Å²) >= 11 is 0. The number of pyridine rings is 2. The van der Waals surface area contributed by atoms with E-state index in [-0.39, 0.29) is 5.66 Å². The van der Waals surface area contributed by atoms with Crippen molar-refractivity contribution >= 4 is 21.5 Å². The highest BCUT2D eigenvalue weighted by molar-refractivity contribution is 5.90. The van der Waals surface area contributed by atoms with Gasteiger partial charge in [-0.05, 0) is 51.6 Å². The highest BCUT2D eigenvalue weighted by Crippen LogP contribution is 2.51. The van der Waals surface area contributed by atoms with Gasteiger partial charge in [-0.3, -0.25) is 0 Å². The van der Waals surface area contributed by atoms with Gasteiger partial charge in [-0.15, -0.1) is 9.13 Å². The first-order valence-corrected chi connectivity index (χ1v) is 13.0. The average molecular weight is 459 g/mol. The first-order valence-electron chi connectivity index (χ1n) is 13.0. The molecule has 0 bridgehead atoms. The zero-order valence-corrected chi connectivity index (χ0v) is 19.8. The third kappa shape index (κ3) is 1.77. The minimum absolute atomic E-state index is 0.351. The summed E-state index contributed by atoms with van der Waals surface area (Å²) in [5.41, 5.74) is 14.2. The standard InChI is InChI=1S/C34H22N2/c1-3-13-26-20(7-1)16-30-31-17-21-8-2-4-14-27(21)29-19-25-12-6-10-23-15-22-9-5-11-24-18-28(26)35(30)34(32(22)24,33(23)25)36(29)31/h1-14,16-17H,15,18-19H2/q+2. The maximum Gasteiger partial charge on any atom is 0.417 e. The Morgan fingerprint density at radius 1 is 0.472 bits per heavy atom. The molecule has 10 rings (SSSR count). The summed E-state index contributed by atoms with van der Waals surface area (Å²) in [7, 11) is 0. The number of benzene rings is 4. The lowest BCUT2D eigenvalue weighted by molar-refractivity contribution is -0.945. The molecule has 0 radical (unpaired) electrons. The molecule has 166 valence electrons. The molecular weight excluding hydrogens is 436 g/mol. The monoisotopic (exact) mass is 458 g/mol. The van der Waals surface area contributed by atoms with Crippen LogP contribution in [0.2, 0.25) is 0 Å². The van der Waals surface area contributed by atoms with Gasteiger partial charge in [0.1, 0.15) is 11.1 Å². The summed E-state index contributed by atoms with van der Waals surface area (Å²) < 4.78 is 5.50. The average Bonchev–Trinajstić information content (AvgIpc) is 3.20. The van der Waals surface area contributed by atoms with E-state index in [0.29, 0.717) is 0 Å². The van der Waals surface area contributed by atoms with E-state index in [0.717, 1.165) is 19.3 Å². The summed E-state index contributed by atoms with van der Waals surface area (Å²) in [4.78, 5) is 0. The maximum atomic E-state index is 2.75. The smallest absolute Gasteiger partial charge is 0.116 e. The molecule has 6 aromatic rings. The second-order valence-electron chi connectivity index (χ2n) is 10.9. The van der Waals surface area contributed by atoms with E-state index in [4.69, 9.17) is 0 Å². The third-order valence-corrected chi connectivity index (χ3v) is 9.33. The molecule has 2 aromatic heterocycles. The van der Waals surface area contributed by atoms with Crippen LogP contribution in [-0.2, 0) is 24.9 Å². The Morgan fingerprint density at radius 2 is 0.917 bits per heavy atom. The van der Waals surface area contributed by atoms with Gasteiger partial charge in [0.2, 0.25) is 11.4 Å². The first kappa shape index (κ1) is 18.0. The summed E-state index contributed by atoms with van der Waals surface area (Å²) in [6.45, 7) is 0. The van der Waals surface area contributed by atoms with Gasteiger partial charge in [0.25, 0.3) is 11.4 Å². The molecule has 0 unspecified atom stereocenters. The van der Waals surface area contributed by atoms with Crippen molar-refractivity contribution in [2.24, 2.45) is 0 Å². The van der Waals surface area contributed by atoms with Gasteiger partial charge >= 0.3 is 5.66 Å². The molecule has 0 amide bonds. The molecule has 3 aliphatic heterocycles. The van der Waals surface area contributed by atoms with Gasteiger partial charge in [-0.1, -0.05) is 72.8 Å². The van der Waals surface area contributed by atoms with Gasteiger partial charge < -0.3 is 0 Å². The van der Waals surface area contributed by atoms with Crippen molar-refractivity contribution < 1.29 is 9.13 Å². The second kappa shape index (κ2) is 5.74. The Bertz CT molecular complexity index is 1880. The van der Waals surface area contributed by atoms with Crippen molar-refractivity contribution in [1.82, 2.24) is 0 Å². The number of rotatable bonds is 0. The Labute approximate surface area is 208 Å². The van der Waals surface area contributed by atoms with Crippen LogP contribution in [0.4, 0.5) is 0 Å². The highest BCUT2D eigenvalue weighted by Gasteiger charge is 2.71. The van der Waals surface area contributed by atoms with Crippen LogP contribution in [0.5, 0.6) is 0 Å². The Kier molecular flexibility index (Phi) is 2.87. The van der Waals surface area contributed by atoms with Crippen LogP contribution in [0.1, 0.15) is 44.8 Å². The van der Waals surface area contributed by atoms with Crippen LogP contribution in [-0.4, -0.2) is 0 Å². The van der Waals surface area contributed by atoms with Crippen LogP contribution in [0.25, 0.3) is 32.9 Å². The van der Waals surface area contributed by atoms with Crippen LogP contribution in [0.15, 0.2) is 97.1 Å². The molecule has 4 aromatic carbocycles. The predicted molar refractivity (Wildman–Crippen MR) is 140 cm³/mol. The van der Waals surface area contributed by atoms with Crippen molar-refractivity contribution in [3.8, 4) is 11.4 Å². The Morgan fingerprint density at radius 3 is 1.42 bits per heavy atom. The van der Waals surface area contributed by atoms with Gasteiger partial charge in [0.15, 0.2) is 0 Å². The Hall–Kier alpha value is -4.30. The number of aromatic nitrogens is 2. The van der Waals surface area contributed by atoms with Gasteiger partial charge in [0, 0.05) is 22.9 Å². The van der Waals surface area contributed by atoms with Crippen molar-refractivity contribution in [1.29, 1.82) is 0 Å². The summed E-state index contributed by atoms with van der Waals surface area (Å²) in [6, 6.07) is 37.0. The molecule has 2 heteroatoms. The van der Waals surface area contributed by atoms with E-state index in [1.165, 1.54) is 77.7 Å². The van der Waals surface area contributed by atoms with Crippen LogP contribution in [0, 0.1) is 0 Å². The van der Waals surface area contributed by atoms with Gasteiger partial charge in [0.05, 0.1) is 12.8 Å². The minimum atomic E-state index is -0.351. The SMILES string of the molecule is c1cc2c3c(c1)Cc1c4ccccc4cc4[n+]1C31c3c(cccc3Cc3c5ccccc5cc-4[n+]31)C2. The van der Waals surface area contributed by atoms with Crippen molar-refractivity contribution in [3.63, 3.8) is 0 Å². The van der Waals surface area contributed by atoms with Crippen LogP contribution >= 0.6 is 0 Å². The molecule has 0 saturated carbocycles. The van der Waals surface area contributed by atoms with Crippen molar-refractivity contribution in [2.45, 2.75) is 24.9 Å². The molecule has 0 atom stereocenters. The summed E-state index contributed by atoms with van der Waals surface area (Å²) in [6.07, 6.45) is 2.96. The van der Waals surface area contributed by atoms with E-state index in [1.54, 1.807) is 0 Å². The van der Waals surface area contributed by atoms with Gasteiger partial charge in [-0.25, -0.2) is 0 Å². The minimum Gasteiger partial charge on any atom is -0.116 e. The van der Waals surface area contributed by atoms with Crippen molar-refractivity contribution in [2.75, 3.05) is 0 Å². The molecule has 2 nitrogen and oxygen atoms in total. The van der Waals surface area contributed by atoms with Gasteiger partial charge in [-0.2, -0.15) is 0 Å². The fourth-order valence-corrected chi connectivity index (χ4v) is 8.22. The fraction of sp³-hybridized carbons (Fsp3) is 0.118. The molecule has 0 fully saturated rings. The molecule has 4 aliphatic rings. The van der Waals surface area contributed by atoms with Crippen molar-refractivity contribution in [3.05, 3.63) is 142 Å². The molecule has 1 spiro atoms. The van der Waals surface area contributed by atoms with E-state index < -0.39 is 0 Å². The quantitative estimate of drug-likeness (QED) is 0.263. The first-order chi connectivity index (χ1) is 17.8. The topological polar surface area (TPSA) is 7.76 Å². The zero-order chi connectivity index (χ0) is 23.2. The lowest BCUT2D eigenvalue weighted by Crippen LogP contribution is -2.77. The zero-order valence-electron chi connectivity index (χ0n) is 19.8. The molecule has 0 saturated heterocycles. The maximum absolute atomic E-state index is 2.75. The van der Waals surface area contributed by atoms with Crippen LogP contribution in [0.3, 0.4) is 0 Å². The molecule has 1 aliphatic carbocycles. The molecule has 0 N–H and O–H groups in total. The lowest BCUT2D eigenvalue weighted by Gasteiger charge is -2.38. The highest BCUT2D eigenvalue weighted by atomic mass is 15.4. The molecule has 5 heterocycles. The Balaban J connectivity index is 1.55. The predicted octanol–water partition coefficient (Wildman–Crippen LogP) is 5.56. The summed E-state index contributed by atoms with van der Waals surface area (Å²) in [5.74, 6) is 0. The normalized spacial score (nSPS) is 16.2. The number of nitrogens with zero attached hydrogens (tertiary/aromatic N) is 2. The molecule has 36 heavy (non-hydrogen) atoms. The van der Waals surface area contributed by atoms with E-state index >= 15 is 0 Å². The van der Waals surface area contributed by atoms with Crippen LogP contribution < -0.4 is 9.13 Å². The number of fused-ring (bicyclic) bond motifs is 5. The third-order valence-electron chi connectivity index (χ3n) is 9.33. The number of hydrogen-bond acceptors (Lipinski definition) is 0. The lowest BCUT2D eigenvalue weighted by atomic mass is 9.69. The summed E-state index contributed by atoms with van der Waals surface area (Å²) in [5, 5.41) is 5.42. The van der Waals surface area contributed by atoms with E-state index in [9.17, 15) is 0 Å². The van der Waals surface area contributed by atoms with E-state index in [1.807, 2.05) is 0 Å². The van der Waals surface area contributed by atoms with E-state index in [2.05, 4.69) is 106 Å². The fourth-order valence-electron chi connectivity index (χ4n) is 8.22. The number of hydrogen-bond donors (Lipinski definition) is 0.